The molecule has 4 amide bonds. The highest BCUT2D eigenvalue weighted by Gasteiger charge is 2.47. The van der Waals surface area contributed by atoms with Gasteiger partial charge in [0.05, 0.1) is 0 Å². The van der Waals surface area contributed by atoms with Crippen molar-refractivity contribution < 1.29 is 14.4 Å². The summed E-state index contributed by atoms with van der Waals surface area (Å²) < 4.78 is 0. The van der Waals surface area contributed by atoms with Crippen LogP contribution in [-0.2, 0) is 9.59 Å². The van der Waals surface area contributed by atoms with Crippen molar-refractivity contribution in [3.05, 3.63) is 11.6 Å². The topological polar surface area (TPSA) is 78.5 Å². The first-order valence-electron chi connectivity index (χ1n) is 9.40. The molecule has 1 fully saturated rings. The number of imide groups is 1. The molecule has 1 aliphatic carbocycles. The van der Waals surface area contributed by atoms with Crippen molar-refractivity contribution in [2.45, 2.75) is 71.3 Å². The average Bonchev–Trinajstić information content (AvgIpc) is 2.78. The van der Waals surface area contributed by atoms with Crippen molar-refractivity contribution >= 4 is 17.8 Å². The fourth-order valence-electron chi connectivity index (χ4n) is 3.33. The molecule has 0 aromatic heterocycles. The van der Waals surface area contributed by atoms with E-state index in [2.05, 4.69) is 30.6 Å². The summed E-state index contributed by atoms with van der Waals surface area (Å²) in [6.07, 6.45) is 9.23. The van der Waals surface area contributed by atoms with Crippen LogP contribution in [0.5, 0.6) is 0 Å². The van der Waals surface area contributed by atoms with E-state index in [0.29, 0.717) is 18.9 Å². The molecule has 25 heavy (non-hydrogen) atoms. The second-order valence-electron chi connectivity index (χ2n) is 7.79. The van der Waals surface area contributed by atoms with Crippen molar-refractivity contribution in [2.24, 2.45) is 5.92 Å². The lowest BCUT2D eigenvalue weighted by Gasteiger charge is -2.22. The molecule has 0 saturated carbocycles. The van der Waals surface area contributed by atoms with Crippen molar-refractivity contribution in [3.8, 4) is 0 Å². The maximum Gasteiger partial charge on any atom is 0.325 e. The lowest BCUT2D eigenvalue weighted by Crippen LogP contribution is -2.45. The summed E-state index contributed by atoms with van der Waals surface area (Å²) in [6, 6.07) is -0.471. The zero-order chi connectivity index (χ0) is 18.4. The Morgan fingerprint density at radius 3 is 2.76 bits per heavy atom. The van der Waals surface area contributed by atoms with Gasteiger partial charge in [-0.25, -0.2) is 4.79 Å². The molecule has 2 N–H and O–H groups in total. The number of urea groups is 1. The average molecular weight is 349 g/mol. The minimum absolute atomic E-state index is 0.207. The molecule has 1 heterocycles. The van der Waals surface area contributed by atoms with Gasteiger partial charge in [-0.3, -0.25) is 14.5 Å². The zero-order valence-electron chi connectivity index (χ0n) is 15.7. The molecule has 2 aliphatic rings. The standard InChI is InChI=1S/C19H31N3O3/c1-14(2)9-11-19(3)17(24)22(18(25)21-19)13-16(23)20-12-10-15-7-5-4-6-8-15/h7,14H,4-6,8-13H2,1-3H3,(H,20,23)(H,21,25)/t19-/m0/s1. The SMILES string of the molecule is CC(C)CC[C@]1(C)NC(=O)N(CC(=O)NCCC2=CCCCC2)C1=O. The first-order valence-corrected chi connectivity index (χ1v) is 9.40. The van der Waals surface area contributed by atoms with Crippen LogP contribution in [0.1, 0.15) is 65.7 Å². The number of nitrogens with one attached hydrogen (secondary N) is 2. The van der Waals surface area contributed by atoms with E-state index >= 15 is 0 Å². The number of amides is 4. The van der Waals surface area contributed by atoms with Gasteiger partial charge in [0.1, 0.15) is 12.1 Å². The summed E-state index contributed by atoms with van der Waals surface area (Å²) >= 11 is 0. The molecule has 0 spiro atoms. The molecule has 6 heteroatoms. The summed E-state index contributed by atoms with van der Waals surface area (Å²) in [5.41, 5.74) is 0.497. The second-order valence-corrected chi connectivity index (χ2v) is 7.79. The lowest BCUT2D eigenvalue weighted by molar-refractivity contribution is -0.134. The zero-order valence-corrected chi connectivity index (χ0v) is 15.7. The largest absolute Gasteiger partial charge is 0.354 e. The van der Waals surface area contributed by atoms with Crippen LogP contribution in [0.2, 0.25) is 0 Å². The summed E-state index contributed by atoms with van der Waals surface area (Å²) in [5.74, 6) is -0.135. The Balaban J connectivity index is 1.80. The Kier molecular flexibility index (Phi) is 6.62. The van der Waals surface area contributed by atoms with Gasteiger partial charge in [0.2, 0.25) is 5.91 Å². The van der Waals surface area contributed by atoms with Gasteiger partial charge >= 0.3 is 6.03 Å². The molecular formula is C19H31N3O3. The minimum Gasteiger partial charge on any atom is -0.354 e. The van der Waals surface area contributed by atoms with Crippen molar-refractivity contribution in [3.63, 3.8) is 0 Å². The van der Waals surface area contributed by atoms with Gasteiger partial charge in [-0.1, -0.05) is 25.5 Å². The van der Waals surface area contributed by atoms with Crippen LogP contribution >= 0.6 is 0 Å². The molecule has 0 radical (unpaired) electrons. The highest BCUT2D eigenvalue weighted by atomic mass is 16.2. The van der Waals surface area contributed by atoms with Gasteiger partial charge in [-0.2, -0.15) is 0 Å². The summed E-state index contributed by atoms with van der Waals surface area (Å²) in [5, 5.41) is 5.57. The fraction of sp³-hybridized carbons (Fsp3) is 0.737. The summed E-state index contributed by atoms with van der Waals surface area (Å²) in [6.45, 7) is 6.25. The number of allylic oxidation sites excluding steroid dienone is 1. The Bertz CT molecular complexity index is 556. The fourth-order valence-corrected chi connectivity index (χ4v) is 3.33. The van der Waals surface area contributed by atoms with E-state index in [1.54, 1.807) is 6.92 Å². The van der Waals surface area contributed by atoms with E-state index in [0.717, 1.165) is 30.6 Å². The summed E-state index contributed by atoms with van der Waals surface area (Å²) in [7, 11) is 0. The quantitative estimate of drug-likeness (QED) is 0.522. The van der Waals surface area contributed by atoms with Gasteiger partial charge in [0.15, 0.2) is 0 Å². The second kappa shape index (κ2) is 8.50. The van der Waals surface area contributed by atoms with E-state index in [1.165, 1.54) is 18.4 Å². The van der Waals surface area contributed by atoms with Gasteiger partial charge < -0.3 is 10.6 Å². The van der Waals surface area contributed by atoms with E-state index in [-0.39, 0.29) is 18.4 Å². The van der Waals surface area contributed by atoms with Gasteiger partial charge in [-0.05, 0) is 57.8 Å². The first kappa shape index (κ1) is 19.5. The molecule has 2 rings (SSSR count). The number of carbonyl (C=O) groups is 3. The monoisotopic (exact) mass is 349 g/mol. The van der Waals surface area contributed by atoms with Crippen LogP contribution in [0.15, 0.2) is 11.6 Å². The van der Waals surface area contributed by atoms with Crippen LogP contribution in [-0.4, -0.2) is 41.4 Å². The van der Waals surface area contributed by atoms with Crippen LogP contribution in [0, 0.1) is 5.92 Å². The molecule has 1 aliphatic heterocycles. The molecular weight excluding hydrogens is 318 g/mol. The first-order chi connectivity index (χ1) is 11.8. The molecule has 0 aromatic rings. The normalized spacial score (nSPS) is 23.7. The van der Waals surface area contributed by atoms with Crippen LogP contribution in [0.4, 0.5) is 4.79 Å². The lowest BCUT2D eigenvalue weighted by atomic mass is 9.92. The number of hydrogen-bond donors (Lipinski definition) is 2. The van der Waals surface area contributed by atoms with Crippen LogP contribution in [0.25, 0.3) is 0 Å². The smallest absolute Gasteiger partial charge is 0.325 e. The molecule has 0 bridgehead atoms. The van der Waals surface area contributed by atoms with Crippen LogP contribution < -0.4 is 10.6 Å². The number of carbonyl (C=O) groups excluding carboxylic acids is 3. The van der Waals surface area contributed by atoms with Crippen molar-refractivity contribution in [1.82, 2.24) is 15.5 Å². The summed E-state index contributed by atoms with van der Waals surface area (Å²) in [4.78, 5) is 37.8. The number of nitrogens with zero attached hydrogens (tertiary/aromatic N) is 1. The number of rotatable bonds is 8. The van der Waals surface area contributed by atoms with E-state index in [1.807, 2.05) is 0 Å². The maximum atomic E-state index is 12.6. The molecule has 140 valence electrons. The minimum atomic E-state index is -0.894. The highest BCUT2D eigenvalue weighted by Crippen LogP contribution is 2.24. The van der Waals surface area contributed by atoms with Gasteiger partial charge in [0, 0.05) is 6.54 Å². The Hall–Kier alpha value is -1.85. The Morgan fingerprint density at radius 1 is 1.36 bits per heavy atom. The molecule has 1 atom stereocenters. The third kappa shape index (κ3) is 5.31. The Labute approximate surface area is 150 Å². The van der Waals surface area contributed by atoms with Gasteiger partial charge in [0.25, 0.3) is 5.91 Å². The Morgan fingerprint density at radius 2 is 2.12 bits per heavy atom. The highest BCUT2D eigenvalue weighted by molar-refractivity contribution is 6.08. The predicted octanol–water partition coefficient (Wildman–Crippen LogP) is 2.74. The molecule has 0 unspecified atom stereocenters. The maximum absolute atomic E-state index is 12.6. The third-order valence-corrected chi connectivity index (χ3v) is 5.02. The van der Waals surface area contributed by atoms with Gasteiger partial charge in [-0.15, -0.1) is 0 Å². The van der Waals surface area contributed by atoms with E-state index in [9.17, 15) is 14.4 Å². The number of hydrogen-bond acceptors (Lipinski definition) is 3. The van der Waals surface area contributed by atoms with E-state index < -0.39 is 11.6 Å². The molecule has 6 nitrogen and oxygen atoms in total. The van der Waals surface area contributed by atoms with Crippen molar-refractivity contribution in [2.75, 3.05) is 13.1 Å². The van der Waals surface area contributed by atoms with Crippen molar-refractivity contribution in [1.29, 1.82) is 0 Å². The van der Waals surface area contributed by atoms with E-state index in [4.69, 9.17) is 0 Å². The molecule has 1 saturated heterocycles. The van der Waals surface area contributed by atoms with Crippen LogP contribution in [0.3, 0.4) is 0 Å². The molecule has 0 aromatic carbocycles. The predicted molar refractivity (Wildman–Crippen MR) is 96.9 cm³/mol. The third-order valence-electron chi connectivity index (χ3n) is 5.02.